The van der Waals surface area contributed by atoms with Crippen molar-refractivity contribution in [2.45, 2.75) is 38.6 Å². The molecule has 1 saturated heterocycles. The first-order chi connectivity index (χ1) is 8.22. The van der Waals surface area contributed by atoms with Crippen LogP contribution in [-0.4, -0.2) is 19.7 Å². The lowest BCUT2D eigenvalue weighted by molar-refractivity contribution is 0.374. The first kappa shape index (κ1) is 12.4. The molecule has 1 atom stereocenters. The molecule has 1 unspecified atom stereocenters. The van der Waals surface area contributed by atoms with Gasteiger partial charge in [0.15, 0.2) is 0 Å². The van der Waals surface area contributed by atoms with Gasteiger partial charge in [0, 0.05) is 11.6 Å². The molecular formula is C14H20FNO. The summed E-state index contributed by atoms with van der Waals surface area (Å²) < 4.78 is 19.4. The second kappa shape index (κ2) is 5.50. The summed E-state index contributed by atoms with van der Waals surface area (Å²) in [5.41, 5.74) is 1.41. The topological polar surface area (TPSA) is 21.3 Å². The van der Waals surface area contributed by atoms with Crippen molar-refractivity contribution in [2.75, 3.05) is 13.7 Å². The predicted octanol–water partition coefficient (Wildman–Crippen LogP) is 2.83. The highest BCUT2D eigenvalue weighted by molar-refractivity contribution is 5.39. The average molecular weight is 237 g/mol. The number of aryl methyl sites for hydroxylation is 1. The Kier molecular flexibility index (Phi) is 4.00. The molecule has 1 aromatic rings. The Morgan fingerprint density at radius 1 is 1.41 bits per heavy atom. The Morgan fingerprint density at radius 3 is 2.88 bits per heavy atom. The summed E-state index contributed by atoms with van der Waals surface area (Å²) in [6, 6.07) is 4.01. The fraction of sp³-hybridized carbons (Fsp3) is 0.571. The lowest BCUT2D eigenvalue weighted by Gasteiger charge is -2.24. The monoisotopic (exact) mass is 237 g/mol. The zero-order chi connectivity index (χ0) is 12.3. The SMILES string of the molecule is COc1ccc(C)c(F)c1CC1CCCCN1. The van der Waals surface area contributed by atoms with E-state index in [9.17, 15) is 4.39 Å². The highest BCUT2D eigenvalue weighted by Crippen LogP contribution is 2.26. The van der Waals surface area contributed by atoms with Gasteiger partial charge in [0.25, 0.3) is 0 Å². The Balaban J connectivity index is 2.20. The molecule has 17 heavy (non-hydrogen) atoms. The number of methoxy groups -OCH3 is 1. The van der Waals surface area contributed by atoms with E-state index in [1.807, 2.05) is 6.07 Å². The van der Waals surface area contributed by atoms with Crippen molar-refractivity contribution >= 4 is 0 Å². The van der Waals surface area contributed by atoms with E-state index in [1.165, 1.54) is 12.8 Å². The normalized spacial score (nSPS) is 20.3. The van der Waals surface area contributed by atoms with Gasteiger partial charge in [-0.3, -0.25) is 0 Å². The van der Waals surface area contributed by atoms with Crippen LogP contribution in [0.25, 0.3) is 0 Å². The summed E-state index contributed by atoms with van der Waals surface area (Å²) in [5.74, 6) is 0.553. The third kappa shape index (κ3) is 2.78. The van der Waals surface area contributed by atoms with Crippen LogP contribution in [0.3, 0.4) is 0 Å². The zero-order valence-corrected chi connectivity index (χ0v) is 10.6. The van der Waals surface area contributed by atoms with Gasteiger partial charge in [-0.05, 0) is 44.4 Å². The molecule has 1 aliphatic rings. The fourth-order valence-electron chi connectivity index (χ4n) is 2.45. The van der Waals surface area contributed by atoms with Crippen molar-refractivity contribution < 1.29 is 9.13 Å². The van der Waals surface area contributed by atoms with Crippen molar-refractivity contribution in [3.05, 3.63) is 29.1 Å². The highest BCUT2D eigenvalue weighted by Gasteiger charge is 2.19. The standard InChI is InChI=1S/C14H20FNO/c1-10-6-7-13(17-2)12(14(10)15)9-11-5-3-4-8-16-11/h6-7,11,16H,3-5,8-9H2,1-2H3. The Hall–Kier alpha value is -1.09. The molecule has 2 nitrogen and oxygen atoms in total. The average Bonchev–Trinajstić information content (AvgIpc) is 2.37. The smallest absolute Gasteiger partial charge is 0.133 e. The second-order valence-electron chi connectivity index (χ2n) is 4.73. The van der Waals surface area contributed by atoms with E-state index in [4.69, 9.17) is 4.74 Å². The Morgan fingerprint density at radius 2 is 2.24 bits per heavy atom. The molecule has 3 heteroatoms. The van der Waals surface area contributed by atoms with Gasteiger partial charge in [0.1, 0.15) is 11.6 Å². The number of hydrogen-bond acceptors (Lipinski definition) is 2. The van der Waals surface area contributed by atoms with Crippen LogP contribution in [0.15, 0.2) is 12.1 Å². The van der Waals surface area contributed by atoms with E-state index in [0.29, 0.717) is 22.9 Å². The van der Waals surface area contributed by atoms with Crippen LogP contribution < -0.4 is 10.1 Å². The summed E-state index contributed by atoms with van der Waals surface area (Å²) in [7, 11) is 1.60. The van der Waals surface area contributed by atoms with Gasteiger partial charge < -0.3 is 10.1 Å². The quantitative estimate of drug-likeness (QED) is 0.872. The molecule has 0 aromatic heterocycles. The molecule has 1 aromatic carbocycles. The minimum absolute atomic E-state index is 0.114. The maximum Gasteiger partial charge on any atom is 0.133 e. The molecule has 1 aliphatic heterocycles. The molecule has 1 fully saturated rings. The summed E-state index contributed by atoms with van der Waals surface area (Å²) in [6.45, 7) is 2.84. The molecule has 1 heterocycles. The number of ether oxygens (including phenoxy) is 1. The van der Waals surface area contributed by atoms with Gasteiger partial charge >= 0.3 is 0 Å². The number of hydrogen-bond donors (Lipinski definition) is 1. The highest BCUT2D eigenvalue weighted by atomic mass is 19.1. The van der Waals surface area contributed by atoms with Crippen LogP contribution in [0.4, 0.5) is 4.39 Å². The molecule has 0 saturated carbocycles. The van der Waals surface area contributed by atoms with E-state index in [2.05, 4.69) is 5.32 Å². The van der Waals surface area contributed by atoms with Crippen LogP contribution in [0.2, 0.25) is 0 Å². The number of benzene rings is 1. The van der Waals surface area contributed by atoms with Crippen LogP contribution >= 0.6 is 0 Å². The lowest BCUT2D eigenvalue weighted by Crippen LogP contribution is -2.35. The molecule has 1 N–H and O–H groups in total. The number of nitrogens with one attached hydrogen (secondary N) is 1. The third-order valence-corrected chi connectivity index (χ3v) is 3.48. The molecule has 2 rings (SSSR count). The van der Waals surface area contributed by atoms with Gasteiger partial charge in [0.2, 0.25) is 0 Å². The van der Waals surface area contributed by atoms with Crippen molar-refractivity contribution in [1.29, 1.82) is 0 Å². The van der Waals surface area contributed by atoms with E-state index in [0.717, 1.165) is 19.4 Å². The van der Waals surface area contributed by atoms with Crippen molar-refractivity contribution in [1.82, 2.24) is 5.32 Å². The fourth-order valence-corrected chi connectivity index (χ4v) is 2.45. The minimum Gasteiger partial charge on any atom is -0.496 e. The summed E-state index contributed by atoms with van der Waals surface area (Å²) >= 11 is 0. The Labute approximate surface area is 102 Å². The molecule has 94 valence electrons. The van der Waals surface area contributed by atoms with Crippen LogP contribution in [0, 0.1) is 12.7 Å². The van der Waals surface area contributed by atoms with E-state index < -0.39 is 0 Å². The van der Waals surface area contributed by atoms with Crippen LogP contribution in [0.5, 0.6) is 5.75 Å². The number of piperidine rings is 1. The van der Waals surface area contributed by atoms with Gasteiger partial charge in [-0.25, -0.2) is 4.39 Å². The molecule has 0 bridgehead atoms. The summed E-state index contributed by atoms with van der Waals surface area (Å²) in [6.07, 6.45) is 4.30. The predicted molar refractivity (Wildman–Crippen MR) is 67.0 cm³/mol. The van der Waals surface area contributed by atoms with Gasteiger partial charge in [-0.15, -0.1) is 0 Å². The van der Waals surface area contributed by atoms with E-state index in [1.54, 1.807) is 20.1 Å². The van der Waals surface area contributed by atoms with Crippen LogP contribution in [0.1, 0.15) is 30.4 Å². The largest absolute Gasteiger partial charge is 0.496 e. The maximum absolute atomic E-state index is 14.1. The molecule has 0 spiro atoms. The maximum atomic E-state index is 14.1. The molecule has 0 amide bonds. The minimum atomic E-state index is -0.114. The van der Waals surface area contributed by atoms with Crippen molar-refractivity contribution in [3.63, 3.8) is 0 Å². The molecule has 0 aliphatic carbocycles. The summed E-state index contributed by atoms with van der Waals surface area (Å²) in [5, 5.41) is 3.44. The molecular weight excluding hydrogens is 217 g/mol. The van der Waals surface area contributed by atoms with Crippen LogP contribution in [-0.2, 0) is 6.42 Å². The van der Waals surface area contributed by atoms with Crippen molar-refractivity contribution in [3.8, 4) is 5.75 Å². The zero-order valence-electron chi connectivity index (χ0n) is 10.6. The third-order valence-electron chi connectivity index (χ3n) is 3.48. The summed E-state index contributed by atoms with van der Waals surface area (Å²) in [4.78, 5) is 0. The van der Waals surface area contributed by atoms with E-state index >= 15 is 0 Å². The number of rotatable bonds is 3. The number of halogens is 1. The van der Waals surface area contributed by atoms with E-state index in [-0.39, 0.29) is 5.82 Å². The second-order valence-corrected chi connectivity index (χ2v) is 4.73. The Bertz CT molecular complexity index is 386. The first-order valence-electron chi connectivity index (χ1n) is 6.27. The first-order valence-corrected chi connectivity index (χ1v) is 6.27. The van der Waals surface area contributed by atoms with Gasteiger partial charge in [0.05, 0.1) is 7.11 Å². The molecule has 0 radical (unpaired) electrons. The van der Waals surface area contributed by atoms with Crippen molar-refractivity contribution in [2.24, 2.45) is 0 Å². The van der Waals surface area contributed by atoms with Gasteiger partial charge in [-0.1, -0.05) is 12.5 Å². The lowest BCUT2D eigenvalue weighted by atomic mass is 9.96. The van der Waals surface area contributed by atoms with Gasteiger partial charge in [-0.2, -0.15) is 0 Å².